The van der Waals surface area contributed by atoms with E-state index in [1.54, 1.807) is 25.3 Å². The molecular weight excluding hydrogens is 330 g/mol. The van der Waals surface area contributed by atoms with E-state index in [1.165, 1.54) is 0 Å². The Morgan fingerprint density at radius 1 is 1.53 bits per heavy atom. The number of nitrogens with zero attached hydrogens (tertiary/aromatic N) is 1. The summed E-state index contributed by atoms with van der Waals surface area (Å²) in [5.74, 6) is 1.28. The van der Waals surface area contributed by atoms with Gasteiger partial charge in [0.2, 0.25) is 0 Å². The molecule has 1 aromatic rings. The smallest absolute Gasteiger partial charge is 0.254 e. The Bertz CT molecular complexity index is 467. The lowest BCUT2D eigenvalue weighted by Gasteiger charge is -2.34. The number of likely N-dealkylation sites (tertiary alicyclic amines) is 1. The summed E-state index contributed by atoms with van der Waals surface area (Å²) in [6.07, 6.45) is 3.19. The number of rotatable bonds is 3. The molecule has 2 rings (SSSR count). The van der Waals surface area contributed by atoms with E-state index in [2.05, 4.69) is 15.9 Å². The summed E-state index contributed by atoms with van der Waals surface area (Å²) in [4.78, 5) is 14.4. The van der Waals surface area contributed by atoms with Gasteiger partial charge in [0.05, 0.1) is 11.6 Å². The maximum atomic E-state index is 12.5. The number of halogens is 2. The van der Waals surface area contributed by atoms with Crippen LogP contribution in [0.2, 0.25) is 0 Å². The van der Waals surface area contributed by atoms with Gasteiger partial charge in [0.25, 0.3) is 5.91 Å². The molecule has 1 fully saturated rings. The van der Waals surface area contributed by atoms with Crippen LogP contribution in [0.5, 0.6) is 5.75 Å². The normalized spacial score (nSPS) is 19.3. The number of carbonyl (C=O) groups excluding carboxylic acids is 1. The summed E-state index contributed by atoms with van der Waals surface area (Å²) >= 11 is 9.37. The number of amides is 1. The Morgan fingerprint density at radius 2 is 2.32 bits per heavy atom. The average Bonchev–Trinajstić information content (AvgIpc) is 2.46. The van der Waals surface area contributed by atoms with E-state index in [4.69, 9.17) is 16.3 Å². The third-order valence-corrected chi connectivity index (χ3v) is 4.44. The first-order valence-corrected chi connectivity index (χ1v) is 7.70. The van der Waals surface area contributed by atoms with Crippen LogP contribution in [0.4, 0.5) is 0 Å². The molecule has 104 valence electrons. The minimum atomic E-state index is 0.0497. The topological polar surface area (TPSA) is 29.5 Å². The minimum absolute atomic E-state index is 0.0497. The summed E-state index contributed by atoms with van der Waals surface area (Å²) < 4.78 is 5.97. The minimum Gasteiger partial charge on any atom is -0.496 e. The zero-order valence-electron chi connectivity index (χ0n) is 10.9. The molecule has 0 saturated carbocycles. The van der Waals surface area contributed by atoms with Crippen molar-refractivity contribution in [2.24, 2.45) is 0 Å². The number of carbonyl (C=O) groups is 1. The molecule has 1 aromatic carbocycles. The molecular formula is C14H17BrClNO2. The summed E-state index contributed by atoms with van der Waals surface area (Å²) in [5.41, 5.74) is 0.671. The van der Waals surface area contributed by atoms with E-state index >= 15 is 0 Å². The number of methoxy groups -OCH3 is 1. The number of benzene rings is 1. The third kappa shape index (κ3) is 3.23. The molecule has 0 bridgehead atoms. The summed E-state index contributed by atoms with van der Waals surface area (Å²) in [6.45, 7) is 0.792. The van der Waals surface area contributed by atoms with Gasteiger partial charge in [-0.3, -0.25) is 4.79 Å². The van der Waals surface area contributed by atoms with Crippen LogP contribution < -0.4 is 4.74 Å². The molecule has 1 heterocycles. The van der Waals surface area contributed by atoms with Crippen molar-refractivity contribution in [3.63, 3.8) is 0 Å². The van der Waals surface area contributed by atoms with Crippen molar-refractivity contribution in [1.82, 2.24) is 4.90 Å². The van der Waals surface area contributed by atoms with Crippen molar-refractivity contribution in [2.45, 2.75) is 25.3 Å². The fraction of sp³-hybridized carbons (Fsp3) is 0.500. The second kappa shape index (κ2) is 6.62. The maximum absolute atomic E-state index is 12.5. The Morgan fingerprint density at radius 3 is 2.95 bits per heavy atom. The number of ether oxygens (including phenoxy) is 1. The van der Waals surface area contributed by atoms with Crippen LogP contribution in [0.3, 0.4) is 0 Å². The van der Waals surface area contributed by atoms with Crippen LogP contribution in [-0.4, -0.2) is 36.4 Å². The molecule has 1 saturated heterocycles. The lowest BCUT2D eigenvalue weighted by atomic mass is 10.0. The Hall–Kier alpha value is -0.740. The summed E-state index contributed by atoms with van der Waals surface area (Å²) in [7, 11) is 1.61. The largest absolute Gasteiger partial charge is 0.496 e. The highest BCUT2D eigenvalue weighted by atomic mass is 79.9. The van der Waals surface area contributed by atoms with Crippen molar-refractivity contribution >= 4 is 33.4 Å². The number of alkyl halides is 1. The third-order valence-electron chi connectivity index (χ3n) is 3.46. The fourth-order valence-corrected chi connectivity index (χ4v) is 3.26. The first-order chi connectivity index (χ1) is 9.17. The molecule has 0 N–H and O–H groups in total. The van der Waals surface area contributed by atoms with Gasteiger partial charge in [0.15, 0.2) is 0 Å². The van der Waals surface area contributed by atoms with Crippen LogP contribution in [0, 0.1) is 0 Å². The van der Waals surface area contributed by atoms with Crippen molar-refractivity contribution in [3.8, 4) is 5.75 Å². The molecule has 0 aromatic heterocycles. The highest BCUT2D eigenvalue weighted by Crippen LogP contribution is 2.27. The average molecular weight is 347 g/mol. The zero-order valence-corrected chi connectivity index (χ0v) is 13.2. The summed E-state index contributed by atoms with van der Waals surface area (Å²) in [5, 5.41) is 0. The quantitative estimate of drug-likeness (QED) is 0.781. The molecule has 1 atom stereocenters. The van der Waals surface area contributed by atoms with Gasteiger partial charge in [-0.05, 0) is 53.4 Å². The van der Waals surface area contributed by atoms with E-state index in [0.29, 0.717) is 11.4 Å². The first kappa shape index (κ1) is 14.7. The van der Waals surface area contributed by atoms with Gasteiger partial charge in [-0.1, -0.05) is 0 Å². The standard InChI is InChI=1S/C14H17BrClNO2/c1-19-13-6-5-10(8-12(13)15)14(18)17-7-3-2-4-11(17)9-16/h5-6,8,11H,2-4,7,9H2,1H3. The van der Waals surface area contributed by atoms with Gasteiger partial charge in [-0.2, -0.15) is 0 Å². The predicted molar refractivity (Wildman–Crippen MR) is 80.1 cm³/mol. The molecule has 1 aliphatic rings. The number of hydrogen-bond acceptors (Lipinski definition) is 2. The molecule has 0 aliphatic carbocycles. The van der Waals surface area contributed by atoms with Gasteiger partial charge < -0.3 is 9.64 Å². The predicted octanol–water partition coefficient (Wildman–Crippen LogP) is 3.69. The van der Waals surface area contributed by atoms with E-state index in [9.17, 15) is 4.79 Å². The first-order valence-electron chi connectivity index (χ1n) is 6.38. The van der Waals surface area contributed by atoms with Crippen molar-refractivity contribution in [1.29, 1.82) is 0 Å². The monoisotopic (exact) mass is 345 g/mol. The van der Waals surface area contributed by atoms with Crippen LogP contribution in [-0.2, 0) is 0 Å². The molecule has 0 spiro atoms. The SMILES string of the molecule is COc1ccc(C(=O)N2CCCCC2CCl)cc1Br. The van der Waals surface area contributed by atoms with Gasteiger partial charge >= 0.3 is 0 Å². The summed E-state index contributed by atoms with van der Waals surface area (Å²) in [6, 6.07) is 5.56. The van der Waals surface area contributed by atoms with Crippen LogP contribution in [0.1, 0.15) is 29.6 Å². The number of hydrogen-bond donors (Lipinski definition) is 0. The maximum Gasteiger partial charge on any atom is 0.254 e. The Kier molecular flexibility index (Phi) is 5.11. The molecule has 1 amide bonds. The zero-order chi connectivity index (χ0) is 13.8. The van der Waals surface area contributed by atoms with E-state index < -0.39 is 0 Å². The van der Waals surface area contributed by atoms with E-state index in [-0.39, 0.29) is 11.9 Å². The fourth-order valence-electron chi connectivity index (χ4n) is 2.39. The highest BCUT2D eigenvalue weighted by molar-refractivity contribution is 9.10. The Balaban J connectivity index is 2.20. The van der Waals surface area contributed by atoms with E-state index in [0.717, 1.165) is 36.0 Å². The van der Waals surface area contributed by atoms with Gasteiger partial charge in [-0.15, -0.1) is 11.6 Å². The van der Waals surface area contributed by atoms with Gasteiger partial charge in [0, 0.05) is 24.0 Å². The van der Waals surface area contributed by atoms with Crippen molar-refractivity contribution in [3.05, 3.63) is 28.2 Å². The van der Waals surface area contributed by atoms with Crippen LogP contribution >= 0.6 is 27.5 Å². The second-order valence-corrected chi connectivity index (χ2v) is 5.81. The number of piperidine rings is 1. The van der Waals surface area contributed by atoms with Crippen molar-refractivity contribution < 1.29 is 9.53 Å². The second-order valence-electron chi connectivity index (χ2n) is 4.65. The molecule has 3 nitrogen and oxygen atoms in total. The molecule has 1 unspecified atom stereocenters. The Labute approximate surface area is 127 Å². The lowest BCUT2D eigenvalue weighted by Crippen LogP contribution is -2.44. The molecule has 19 heavy (non-hydrogen) atoms. The van der Waals surface area contributed by atoms with Gasteiger partial charge in [-0.25, -0.2) is 0 Å². The van der Waals surface area contributed by atoms with Crippen molar-refractivity contribution in [2.75, 3.05) is 19.5 Å². The lowest BCUT2D eigenvalue weighted by molar-refractivity contribution is 0.0639. The highest BCUT2D eigenvalue weighted by Gasteiger charge is 2.27. The van der Waals surface area contributed by atoms with Gasteiger partial charge in [0.1, 0.15) is 5.75 Å². The van der Waals surface area contributed by atoms with Crippen LogP contribution in [0.25, 0.3) is 0 Å². The van der Waals surface area contributed by atoms with E-state index in [1.807, 2.05) is 4.90 Å². The molecule has 0 radical (unpaired) electrons. The molecule has 1 aliphatic heterocycles. The molecule has 5 heteroatoms. The van der Waals surface area contributed by atoms with Crippen LogP contribution in [0.15, 0.2) is 22.7 Å².